The molecule has 2 aliphatic rings. The average Bonchev–Trinajstić information content (AvgIpc) is 2.79. The van der Waals surface area contributed by atoms with Crippen LogP contribution in [0, 0.1) is 0 Å². The number of aromatic amines is 1. The Kier molecular flexibility index (Phi) is 7.48. The van der Waals surface area contributed by atoms with E-state index in [1.54, 1.807) is 0 Å². The Balaban J connectivity index is 1.78. The molecule has 0 spiro atoms. The Labute approximate surface area is 201 Å². The number of hydrogen-bond donors (Lipinski definition) is 3. The molecule has 0 aromatic carbocycles. The van der Waals surface area contributed by atoms with Gasteiger partial charge in [0.1, 0.15) is 35.3 Å². The van der Waals surface area contributed by atoms with Crippen LogP contribution in [0.4, 0.5) is 0 Å². The van der Waals surface area contributed by atoms with Crippen LogP contribution in [0.2, 0.25) is 0 Å². The summed E-state index contributed by atoms with van der Waals surface area (Å²) in [5.74, 6) is -4.29. The molecule has 35 heavy (non-hydrogen) atoms. The van der Waals surface area contributed by atoms with Gasteiger partial charge in [-0.15, -0.1) is 11.8 Å². The highest BCUT2D eigenvalue weighted by Crippen LogP contribution is 2.40. The number of thioether (sulfide) groups is 1. The molecule has 0 bridgehead atoms. The number of rotatable bonds is 8. The average molecular weight is 510 g/mol. The van der Waals surface area contributed by atoms with Crippen molar-refractivity contribution in [3.8, 4) is 0 Å². The highest BCUT2D eigenvalue weighted by molar-refractivity contribution is 8.00. The predicted octanol–water partition coefficient (Wildman–Crippen LogP) is -1.42. The molecule has 14 nitrogen and oxygen atoms in total. The maximum atomic E-state index is 12.8. The summed E-state index contributed by atoms with van der Waals surface area (Å²) < 4.78 is 10.5. The van der Waals surface area contributed by atoms with E-state index in [4.69, 9.17) is 9.47 Å². The van der Waals surface area contributed by atoms with Crippen LogP contribution in [-0.4, -0.2) is 79.7 Å². The Hall–Kier alpha value is -3.88. The Bertz CT molecular complexity index is 1250. The summed E-state index contributed by atoms with van der Waals surface area (Å²) in [4.78, 5) is 87.5. The summed E-state index contributed by atoms with van der Waals surface area (Å²) in [5.41, 5.74) is -2.47. The smallest absolute Gasteiger partial charge is 0.352 e. The van der Waals surface area contributed by atoms with Crippen LogP contribution in [0.3, 0.4) is 0 Å². The number of β-lactam (4-membered cyclic amide) rings is 1. The van der Waals surface area contributed by atoms with Crippen LogP contribution in [0.1, 0.15) is 37.2 Å². The SMILES string of the molecule is CCOC(=O)c1cn(C(C)C(=O)N[C@@H]2C(=O)N3C(C(=O)O)=C(COC(C)=O)CS[C@H]23)c(=O)[nH]c1=O. The Morgan fingerprint density at radius 2 is 1.94 bits per heavy atom. The standard InChI is InChI=1S/C20H22N4O10S/c1-4-33-19(31)11-5-23(20(32)22-15(11)27)8(2)14(26)21-12-16(28)24-13(18(29)30)10(6-34-9(3)25)7-35-17(12)24/h5,8,12,17H,4,6-7H2,1-3H3,(H,21,26)(H,29,30)(H,22,27,32)/t8?,12-,17-/m1/s1. The Morgan fingerprint density at radius 1 is 1.26 bits per heavy atom. The quantitative estimate of drug-likeness (QED) is 0.274. The zero-order valence-electron chi connectivity index (χ0n) is 18.9. The van der Waals surface area contributed by atoms with E-state index in [1.165, 1.54) is 32.5 Å². The molecule has 0 aliphatic carbocycles. The number of carbonyl (C=O) groups is 5. The van der Waals surface area contributed by atoms with Crippen molar-refractivity contribution in [1.29, 1.82) is 0 Å². The van der Waals surface area contributed by atoms with E-state index in [1.807, 2.05) is 4.98 Å². The number of hydrogen-bond acceptors (Lipinski definition) is 10. The molecule has 3 heterocycles. The number of aliphatic carboxylic acids is 1. The summed E-state index contributed by atoms with van der Waals surface area (Å²) in [7, 11) is 0. The van der Waals surface area contributed by atoms with Crippen LogP contribution >= 0.6 is 11.8 Å². The summed E-state index contributed by atoms with van der Waals surface area (Å²) in [5, 5.41) is 11.3. The van der Waals surface area contributed by atoms with Gasteiger partial charge < -0.3 is 19.9 Å². The second-order valence-electron chi connectivity index (χ2n) is 7.54. The number of carboxylic acid groups (broad SMARTS) is 1. The zero-order chi connectivity index (χ0) is 26.0. The monoisotopic (exact) mass is 510 g/mol. The topological polar surface area (TPSA) is 194 Å². The molecule has 1 unspecified atom stereocenters. The van der Waals surface area contributed by atoms with Crippen LogP contribution in [-0.2, 0) is 28.7 Å². The third-order valence-corrected chi connectivity index (χ3v) is 6.60. The number of fused-ring (bicyclic) bond motifs is 1. The van der Waals surface area contributed by atoms with E-state index in [2.05, 4.69) is 5.32 Å². The van der Waals surface area contributed by atoms with Crippen molar-refractivity contribution in [2.75, 3.05) is 19.0 Å². The van der Waals surface area contributed by atoms with E-state index < -0.39 is 64.0 Å². The molecule has 3 rings (SSSR count). The first kappa shape index (κ1) is 25.7. The number of H-pyrrole nitrogens is 1. The number of amides is 2. The minimum atomic E-state index is -1.38. The normalized spacial score (nSPS) is 19.9. The summed E-state index contributed by atoms with van der Waals surface area (Å²) in [6.45, 7) is 3.72. The number of nitrogens with one attached hydrogen (secondary N) is 2. The molecule has 15 heteroatoms. The molecule has 0 saturated carbocycles. The number of carboxylic acids is 1. The van der Waals surface area contributed by atoms with E-state index >= 15 is 0 Å². The van der Waals surface area contributed by atoms with Crippen LogP contribution in [0.25, 0.3) is 0 Å². The van der Waals surface area contributed by atoms with Crippen molar-refractivity contribution in [2.45, 2.75) is 38.2 Å². The van der Waals surface area contributed by atoms with Gasteiger partial charge >= 0.3 is 23.6 Å². The first-order valence-electron chi connectivity index (χ1n) is 10.3. The highest BCUT2D eigenvalue weighted by atomic mass is 32.2. The van der Waals surface area contributed by atoms with Crippen molar-refractivity contribution >= 4 is 41.5 Å². The van der Waals surface area contributed by atoms with Gasteiger partial charge in [-0.05, 0) is 13.8 Å². The van der Waals surface area contributed by atoms with E-state index in [-0.39, 0.29) is 30.2 Å². The molecule has 3 atom stereocenters. The molecule has 1 saturated heterocycles. The fourth-order valence-electron chi connectivity index (χ4n) is 3.51. The number of aromatic nitrogens is 2. The fourth-order valence-corrected chi connectivity index (χ4v) is 4.84. The zero-order valence-corrected chi connectivity index (χ0v) is 19.7. The number of ether oxygens (including phenoxy) is 2. The van der Waals surface area contributed by atoms with E-state index in [0.717, 1.165) is 15.7 Å². The van der Waals surface area contributed by atoms with Crippen LogP contribution < -0.4 is 16.6 Å². The number of nitrogens with zero attached hydrogens (tertiary/aromatic N) is 2. The lowest BCUT2D eigenvalue weighted by molar-refractivity contribution is -0.151. The fraction of sp³-hybridized carbons (Fsp3) is 0.450. The molecule has 1 aromatic rings. The van der Waals surface area contributed by atoms with Gasteiger partial charge in [-0.1, -0.05) is 0 Å². The van der Waals surface area contributed by atoms with Gasteiger partial charge in [0.15, 0.2) is 0 Å². The lowest BCUT2D eigenvalue weighted by Gasteiger charge is -2.49. The number of esters is 2. The maximum Gasteiger partial charge on any atom is 0.352 e. The van der Waals surface area contributed by atoms with Gasteiger partial charge in [0.25, 0.3) is 11.5 Å². The second-order valence-corrected chi connectivity index (χ2v) is 8.64. The predicted molar refractivity (Wildman–Crippen MR) is 118 cm³/mol. The number of carbonyl (C=O) groups excluding carboxylic acids is 4. The molecule has 188 valence electrons. The molecule has 0 radical (unpaired) electrons. The first-order chi connectivity index (χ1) is 16.5. The molecule has 1 fully saturated rings. The third kappa shape index (κ3) is 4.99. The molecule has 1 aromatic heterocycles. The van der Waals surface area contributed by atoms with Gasteiger partial charge in [0.2, 0.25) is 5.91 Å². The largest absolute Gasteiger partial charge is 0.477 e. The Morgan fingerprint density at radius 3 is 2.54 bits per heavy atom. The third-order valence-electron chi connectivity index (χ3n) is 5.26. The molecular weight excluding hydrogens is 488 g/mol. The molecule has 2 aliphatic heterocycles. The van der Waals surface area contributed by atoms with E-state index in [9.17, 15) is 38.7 Å². The van der Waals surface area contributed by atoms with Gasteiger partial charge in [-0.2, -0.15) is 0 Å². The van der Waals surface area contributed by atoms with Gasteiger partial charge in [-0.25, -0.2) is 14.4 Å². The van der Waals surface area contributed by atoms with Crippen LogP contribution in [0.5, 0.6) is 0 Å². The summed E-state index contributed by atoms with van der Waals surface area (Å²) in [6, 6.07) is -2.32. The lowest BCUT2D eigenvalue weighted by atomic mass is 10.0. The maximum absolute atomic E-state index is 12.8. The molecule has 3 N–H and O–H groups in total. The highest BCUT2D eigenvalue weighted by Gasteiger charge is 2.54. The summed E-state index contributed by atoms with van der Waals surface area (Å²) in [6.07, 6.45) is 0.903. The molecule has 2 amide bonds. The summed E-state index contributed by atoms with van der Waals surface area (Å²) >= 11 is 1.17. The van der Waals surface area contributed by atoms with Crippen molar-refractivity contribution < 1.29 is 38.6 Å². The second kappa shape index (κ2) is 10.2. The van der Waals surface area contributed by atoms with Gasteiger partial charge in [0, 0.05) is 24.4 Å². The minimum Gasteiger partial charge on any atom is -0.477 e. The van der Waals surface area contributed by atoms with Crippen molar-refractivity contribution in [2.24, 2.45) is 0 Å². The van der Waals surface area contributed by atoms with Gasteiger partial charge in [-0.3, -0.25) is 33.6 Å². The minimum absolute atomic E-state index is 0.0118. The first-order valence-corrected chi connectivity index (χ1v) is 11.4. The van der Waals surface area contributed by atoms with Crippen molar-refractivity contribution in [3.05, 3.63) is 43.9 Å². The van der Waals surface area contributed by atoms with Crippen molar-refractivity contribution in [1.82, 2.24) is 19.8 Å². The van der Waals surface area contributed by atoms with Crippen molar-refractivity contribution in [3.63, 3.8) is 0 Å². The van der Waals surface area contributed by atoms with Gasteiger partial charge in [0.05, 0.1) is 6.61 Å². The lowest BCUT2D eigenvalue weighted by Crippen LogP contribution is -2.71. The van der Waals surface area contributed by atoms with E-state index in [0.29, 0.717) is 0 Å². The van der Waals surface area contributed by atoms with Crippen LogP contribution in [0.15, 0.2) is 27.1 Å². The molecular formula is C20H22N4O10S.